The van der Waals surface area contributed by atoms with Crippen molar-refractivity contribution >= 4 is 16.6 Å². The van der Waals surface area contributed by atoms with Crippen LogP contribution < -0.4 is 5.32 Å². The molecule has 0 fully saturated rings. The first kappa shape index (κ1) is 12.4. The van der Waals surface area contributed by atoms with E-state index in [9.17, 15) is 5.11 Å². The van der Waals surface area contributed by atoms with Gasteiger partial charge in [0.1, 0.15) is 5.75 Å². The van der Waals surface area contributed by atoms with E-state index in [1.807, 2.05) is 6.07 Å². The van der Waals surface area contributed by atoms with Gasteiger partial charge < -0.3 is 10.4 Å². The topological polar surface area (TPSA) is 58.0 Å². The number of aryl methyl sites for hydroxylation is 1. The number of pyridine rings is 2. The molecule has 0 spiro atoms. The lowest BCUT2D eigenvalue weighted by molar-refractivity contribution is 0.472. The Labute approximate surface area is 117 Å². The Kier molecular flexibility index (Phi) is 3.21. The van der Waals surface area contributed by atoms with Crippen molar-refractivity contribution in [1.29, 1.82) is 0 Å². The minimum absolute atomic E-state index is 0.179. The second-order valence-electron chi connectivity index (χ2n) is 4.69. The van der Waals surface area contributed by atoms with Crippen molar-refractivity contribution in [1.82, 2.24) is 9.97 Å². The number of hydrogen-bond donors (Lipinski definition) is 2. The fourth-order valence-electron chi connectivity index (χ4n) is 2.18. The maximum atomic E-state index is 9.22. The molecule has 0 aliphatic heterocycles. The number of benzene rings is 1. The van der Waals surface area contributed by atoms with Gasteiger partial charge in [-0.25, -0.2) is 0 Å². The van der Waals surface area contributed by atoms with Crippen LogP contribution in [0.15, 0.2) is 48.8 Å². The number of nitrogens with one attached hydrogen (secondary N) is 1. The summed E-state index contributed by atoms with van der Waals surface area (Å²) in [7, 11) is 0. The third kappa shape index (κ3) is 2.40. The van der Waals surface area contributed by atoms with Gasteiger partial charge in [-0.2, -0.15) is 0 Å². The van der Waals surface area contributed by atoms with Gasteiger partial charge in [0.15, 0.2) is 0 Å². The van der Waals surface area contributed by atoms with Gasteiger partial charge in [0.05, 0.1) is 24.0 Å². The normalized spacial score (nSPS) is 10.7. The standard InChI is InChI=1S/C16H15N3O/c1-11-4-7-15(14-3-2-8-17-16(11)14)19-9-12-5-6-13(20)10-18-12/h2-8,10,19-20H,9H2,1H3. The molecular formula is C16H15N3O. The minimum Gasteiger partial charge on any atom is -0.506 e. The van der Waals surface area contributed by atoms with E-state index < -0.39 is 0 Å². The molecule has 0 saturated heterocycles. The van der Waals surface area contributed by atoms with Crippen molar-refractivity contribution in [3.05, 3.63) is 60.0 Å². The molecule has 0 atom stereocenters. The van der Waals surface area contributed by atoms with Crippen LogP contribution in [-0.4, -0.2) is 15.1 Å². The molecule has 0 bridgehead atoms. The molecule has 3 aromatic rings. The van der Waals surface area contributed by atoms with Gasteiger partial charge in [-0.3, -0.25) is 9.97 Å². The average molecular weight is 265 g/mol. The molecule has 20 heavy (non-hydrogen) atoms. The van der Waals surface area contributed by atoms with Gasteiger partial charge in [0.2, 0.25) is 0 Å². The molecule has 100 valence electrons. The van der Waals surface area contributed by atoms with Crippen molar-refractivity contribution in [2.24, 2.45) is 0 Å². The predicted octanol–water partition coefficient (Wildman–Crippen LogP) is 3.26. The first-order chi connectivity index (χ1) is 9.74. The summed E-state index contributed by atoms with van der Waals surface area (Å²) in [4.78, 5) is 8.58. The van der Waals surface area contributed by atoms with E-state index in [4.69, 9.17) is 0 Å². The van der Waals surface area contributed by atoms with Crippen molar-refractivity contribution in [2.45, 2.75) is 13.5 Å². The van der Waals surface area contributed by atoms with Crippen molar-refractivity contribution < 1.29 is 5.11 Å². The van der Waals surface area contributed by atoms with Crippen LogP contribution in [0, 0.1) is 6.92 Å². The number of aromatic nitrogens is 2. The summed E-state index contributed by atoms with van der Waals surface area (Å²) >= 11 is 0. The summed E-state index contributed by atoms with van der Waals surface area (Å²) in [5, 5.41) is 13.7. The van der Waals surface area contributed by atoms with Crippen LogP contribution in [0.1, 0.15) is 11.3 Å². The molecule has 2 heterocycles. The molecule has 4 heteroatoms. The Balaban J connectivity index is 1.88. The highest BCUT2D eigenvalue weighted by molar-refractivity contribution is 5.93. The summed E-state index contributed by atoms with van der Waals surface area (Å²) in [5.74, 6) is 0.179. The zero-order valence-electron chi connectivity index (χ0n) is 11.2. The number of nitrogens with zero attached hydrogens (tertiary/aromatic N) is 2. The van der Waals surface area contributed by atoms with Gasteiger partial charge in [-0.15, -0.1) is 0 Å². The molecule has 0 aliphatic carbocycles. The Bertz CT molecular complexity index is 738. The fraction of sp³-hybridized carbons (Fsp3) is 0.125. The molecule has 2 aromatic heterocycles. The Hall–Kier alpha value is -2.62. The lowest BCUT2D eigenvalue weighted by atomic mass is 10.1. The van der Waals surface area contributed by atoms with Gasteiger partial charge in [0, 0.05) is 17.3 Å². The van der Waals surface area contributed by atoms with Crippen molar-refractivity contribution in [2.75, 3.05) is 5.32 Å². The maximum Gasteiger partial charge on any atom is 0.133 e. The van der Waals surface area contributed by atoms with Crippen LogP contribution >= 0.6 is 0 Å². The molecule has 0 unspecified atom stereocenters. The molecule has 4 nitrogen and oxygen atoms in total. The quantitative estimate of drug-likeness (QED) is 0.763. The first-order valence-electron chi connectivity index (χ1n) is 6.46. The number of hydrogen-bond acceptors (Lipinski definition) is 4. The minimum atomic E-state index is 0.179. The second kappa shape index (κ2) is 5.17. The van der Waals surface area contributed by atoms with Crippen molar-refractivity contribution in [3.63, 3.8) is 0 Å². The van der Waals surface area contributed by atoms with E-state index in [0.717, 1.165) is 27.8 Å². The lowest BCUT2D eigenvalue weighted by Crippen LogP contribution is -2.02. The SMILES string of the molecule is Cc1ccc(NCc2ccc(O)cn2)c2cccnc12. The Morgan fingerprint density at radius 2 is 2.00 bits per heavy atom. The van der Waals surface area contributed by atoms with Crippen LogP contribution in [0.25, 0.3) is 10.9 Å². The molecule has 0 radical (unpaired) electrons. The van der Waals surface area contributed by atoms with Crippen LogP contribution in [0.3, 0.4) is 0 Å². The third-order valence-corrected chi connectivity index (χ3v) is 3.24. The lowest BCUT2D eigenvalue weighted by Gasteiger charge is -2.10. The Morgan fingerprint density at radius 3 is 2.80 bits per heavy atom. The summed E-state index contributed by atoms with van der Waals surface area (Å²) in [6.45, 7) is 2.66. The van der Waals surface area contributed by atoms with Gasteiger partial charge >= 0.3 is 0 Å². The maximum absolute atomic E-state index is 9.22. The number of aromatic hydroxyl groups is 1. The molecule has 0 amide bonds. The van der Waals surface area contributed by atoms with E-state index in [0.29, 0.717) is 6.54 Å². The molecule has 3 rings (SSSR count). The highest BCUT2D eigenvalue weighted by Crippen LogP contribution is 2.24. The summed E-state index contributed by atoms with van der Waals surface area (Å²) < 4.78 is 0. The molecule has 0 saturated carbocycles. The number of fused-ring (bicyclic) bond motifs is 1. The van der Waals surface area contributed by atoms with Crippen LogP contribution in [-0.2, 0) is 6.54 Å². The highest BCUT2D eigenvalue weighted by atomic mass is 16.3. The summed E-state index contributed by atoms with van der Waals surface area (Å²) in [6.07, 6.45) is 3.26. The fourth-order valence-corrected chi connectivity index (χ4v) is 2.18. The largest absolute Gasteiger partial charge is 0.506 e. The molecule has 2 N–H and O–H groups in total. The van der Waals surface area contributed by atoms with E-state index in [2.05, 4.69) is 40.4 Å². The zero-order chi connectivity index (χ0) is 13.9. The Morgan fingerprint density at radius 1 is 1.10 bits per heavy atom. The summed E-state index contributed by atoms with van der Waals surface area (Å²) in [6, 6.07) is 11.5. The van der Waals surface area contributed by atoms with E-state index in [-0.39, 0.29) is 5.75 Å². The van der Waals surface area contributed by atoms with E-state index in [1.165, 1.54) is 6.20 Å². The van der Waals surface area contributed by atoms with Crippen molar-refractivity contribution in [3.8, 4) is 5.75 Å². The summed E-state index contributed by atoms with van der Waals surface area (Å²) in [5.41, 5.74) is 4.08. The first-order valence-corrected chi connectivity index (χ1v) is 6.46. The molecule has 0 aliphatic rings. The zero-order valence-corrected chi connectivity index (χ0v) is 11.2. The van der Waals surface area contributed by atoms with E-state index >= 15 is 0 Å². The van der Waals surface area contributed by atoms with Crippen LogP contribution in [0.2, 0.25) is 0 Å². The monoisotopic (exact) mass is 265 g/mol. The number of anilines is 1. The van der Waals surface area contributed by atoms with E-state index in [1.54, 1.807) is 18.3 Å². The van der Waals surface area contributed by atoms with Gasteiger partial charge in [-0.05, 0) is 42.8 Å². The number of rotatable bonds is 3. The third-order valence-electron chi connectivity index (χ3n) is 3.24. The molecular weight excluding hydrogens is 250 g/mol. The smallest absolute Gasteiger partial charge is 0.133 e. The second-order valence-corrected chi connectivity index (χ2v) is 4.69. The van der Waals surface area contributed by atoms with Crippen LogP contribution in [0.5, 0.6) is 5.75 Å². The van der Waals surface area contributed by atoms with Gasteiger partial charge in [-0.1, -0.05) is 6.07 Å². The van der Waals surface area contributed by atoms with Crippen LogP contribution in [0.4, 0.5) is 5.69 Å². The predicted molar refractivity (Wildman–Crippen MR) is 79.7 cm³/mol. The molecule has 1 aromatic carbocycles. The highest BCUT2D eigenvalue weighted by Gasteiger charge is 2.04. The van der Waals surface area contributed by atoms with Gasteiger partial charge in [0.25, 0.3) is 0 Å². The average Bonchev–Trinajstić information content (AvgIpc) is 2.49.